The molecule has 1 aromatic carbocycles. The van der Waals surface area contributed by atoms with Crippen molar-refractivity contribution >= 4 is 0 Å². The van der Waals surface area contributed by atoms with Crippen LogP contribution in [0.25, 0.3) is 0 Å². The predicted octanol–water partition coefficient (Wildman–Crippen LogP) is 3.81. The summed E-state index contributed by atoms with van der Waals surface area (Å²) in [6, 6.07) is 9.88. The molecule has 1 atom stereocenters. The second kappa shape index (κ2) is 6.31. The lowest BCUT2D eigenvalue weighted by Crippen LogP contribution is -2.28. The van der Waals surface area contributed by atoms with Gasteiger partial charge in [0, 0.05) is 12.6 Å². The first-order chi connectivity index (χ1) is 10.2. The summed E-state index contributed by atoms with van der Waals surface area (Å²) in [6.07, 6.45) is 4.87. The molecule has 0 spiro atoms. The number of hydrogen-bond donors (Lipinski definition) is 1. The summed E-state index contributed by atoms with van der Waals surface area (Å²) in [7, 11) is 0. The SMILES string of the molecule is Cc1cc(C2CCCCCN2Cc2ccc(O)cc2)no1. The third kappa shape index (κ3) is 3.45. The van der Waals surface area contributed by atoms with Gasteiger partial charge in [0.15, 0.2) is 0 Å². The van der Waals surface area contributed by atoms with E-state index in [2.05, 4.69) is 16.1 Å². The molecule has 1 unspecified atom stereocenters. The van der Waals surface area contributed by atoms with Gasteiger partial charge in [-0.1, -0.05) is 30.1 Å². The molecule has 0 saturated carbocycles. The number of hydrogen-bond acceptors (Lipinski definition) is 4. The third-order valence-corrected chi connectivity index (χ3v) is 4.17. The number of aromatic nitrogens is 1. The summed E-state index contributed by atoms with van der Waals surface area (Å²) in [6.45, 7) is 3.91. The van der Waals surface area contributed by atoms with Gasteiger partial charge in [-0.3, -0.25) is 4.90 Å². The molecule has 21 heavy (non-hydrogen) atoms. The maximum Gasteiger partial charge on any atom is 0.133 e. The average molecular weight is 286 g/mol. The normalized spacial score (nSPS) is 20.3. The number of phenols is 1. The molecule has 2 heterocycles. The van der Waals surface area contributed by atoms with E-state index in [0.29, 0.717) is 11.8 Å². The number of nitrogens with zero attached hydrogens (tertiary/aromatic N) is 2. The number of likely N-dealkylation sites (tertiary alicyclic amines) is 1. The van der Waals surface area contributed by atoms with Crippen molar-refractivity contribution < 1.29 is 9.63 Å². The van der Waals surface area contributed by atoms with Gasteiger partial charge in [-0.15, -0.1) is 0 Å². The van der Waals surface area contributed by atoms with Crippen LogP contribution in [0.3, 0.4) is 0 Å². The van der Waals surface area contributed by atoms with Gasteiger partial charge in [0.25, 0.3) is 0 Å². The first kappa shape index (κ1) is 14.1. The van der Waals surface area contributed by atoms with Gasteiger partial charge in [-0.25, -0.2) is 0 Å². The predicted molar refractivity (Wildman–Crippen MR) is 81.0 cm³/mol. The maximum atomic E-state index is 9.40. The van der Waals surface area contributed by atoms with Crippen molar-refractivity contribution in [1.29, 1.82) is 0 Å². The van der Waals surface area contributed by atoms with Crippen molar-refractivity contribution in [3.8, 4) is 5.75 Å². The zero-order chi connectivity index (χ0) is 14.7. The van der Waals surface area contributed by atoms with Gasteiger partial charge >= 0.3 is 0 Å². The van der Waals surface area contributed by atoms with E-state index < -0.39 is 0 Å². The lowest BCUT2D eigenvalue weighted by molar-refractivity contribution is 0.183. The van der Waals surface area contributed by atoms with Gasteiger partial charge in [0.05, 0.1) is 6.04 Å². The highest BCUT2D eigenvalue weighted by molar-refractivity contribution is 5.26. The Morgan fingerprint density at radius 2 is 2.05 bits per heavy atom. The fraction of sp³-hybridized carbons (Fsp3) is 0.471. The standard InChI is InChI=1S/C17H22N2O2/c1-13-11-16(18-21-13)17-5-3-2-4-10-19(17)12-14-6-8-15(20)9-7-14/h6-9,11,17,20H,2-5,10,12H2,1H3. The largest absolute Gasteiger partial charge is 0.508 e. The molecule has 0 bridgehead atoms. The van der Waals surface area contributed by atoms with Crippen molar-refractivity contribution in [3.05, 3.63) is 47.3 Å². The van der Waals surface area contributed by atoms with Crippen molar-refractivity contribution in [2.24, 2.45) is 0 Å². The molecule has 3 rings (SSSR count). The first-order valence-electron chi connectivity index (χ1n) is 7.67. The quantitative estimate of drug-likeness (QED) is 0.932. The van der Waals surface area contributed by atoms with E-state index in [1.807, 2.05) is 19.1 Å². The number of rotatable bonds is 3. The fourth-order valence-corrected chi connectivity index (χ4v) is 3.07. The van der Waals surface area contributed by atoms with E-state index in [9.17, 15) is 5.11 Å². The Bertz CT molecular complexity index is 577. The number of phenolic OH excluding ortho intramolecular Hbond substituents is 1. The first-order valence-corrected chi connectivity index (χ1v) is 7.67. The molecule has 4 heteroatoms. The van der Waals surface area contributed by atoms with Crippen LogP contribution in [0.4, 0.5) is 0 Å². The van der Waals surface area contributed by atoms with Gasteiger partial charge < -0.3 is 9.63 Å². The van der Waals surface area contributed by atoms with E-state index in [-0.39, 0.29) is 0 Å². The Balaban J connectivity index is 1.80. The highest BCUT2D eigenvalue weighted by atomic mass is 16.5. The van der Waals surface area contributed by atoms with Crippen LogP contribution >= 0.6 is 0 Å². The Morgan fingerprint density at radius 1 is 1.24 bits per heavy atom. The summed E-state index contributed by atoms with van der Waals surface area (Å²) in [5.41, 5.74) is 2.27. The second-order valence-electron chi connectivity index (χ2n) is 5.86. The molecule has 1 aliphatic heterocycles. The molecule has 1 N–H and O–H groups in total. The average Bonchev–Trinajstić information content (AvgIpc) is 2.77. The van der Waals surface area contributed by atoms with E-state index in [1.54, 1.807) is 12.1 Å². The van der Waals surface area contributed by atoms with E-state index in [0.717, 1.165) is 31.0 Å². The molecule has 1 aromatic heterocycles. The van der Waals surface area contributed by atoms with Crippen LogP contribution in [0, 0.1) is 6.92 Å². The summed E-state index contributed by atoms with van der Waals surface area (Å²) in [5, 5.41) is 13.6. The Hall–Kier alpha value is -1.81. The van der Waals surface area contributed by atoms with Crippen LogP contribution in [-0.4, -0.2) is 21.7 Å². The second-order valence-corrected chi connectivity index (χ2v) is 5.86. The molecular formula is C17H22N2O2. The smallest absolute Gasteiger partial charge is 0.133 e. The summed E-state index contributed by atoms with van der Waals surface area (Å²) in [4.78, 5) is 2.48. The van der Waals surface area contributed by atoms with Gasteiger partial charge in [0.1, 0.15) is 17.2 Å². The van der Waals surface area contributed by atoms with Crippen molar-refractivity contribution in [1.82, 2.24) is 10.1 Å². The van der Waals surface area contributed by atoms with Crippen molar-refractivity contribution in [2.45, 2.75) is 45.2 Å². The van der Waals surface area contributed by atoms with E-state index in [4.69, 9.17) is 4.52 Å². The third-order valence-electron chi connectivity index (χ3n) is 4.17. The summed E-state index contributed by atoms with van der Waals surface area (Å²) >= 11 is 0. The highest BCUT2D eigenvalue weighted by Crippen LogP contribution is 2.31. The Morgan fingerprint density at radius 3 is 2.76 bits per heavy atom. The molecule has 112 valence electrons. The van der Waals surface area contributed by atoms with Crippen LogP contribution in [0.15, 0.2) is 34.9 Å². The number of aryl methyl sites for hydroxylation is 1. The molecular weight excluding hydrogens is 264 g/mol. The van der Waals surface area contributed by atoms with Gasteiger partial charge in [0.2, 0.25) is 0 Å². The van der Waals surface area contributed by atoms with Crippen LogP contribution in [0.1, 0.15) is 48.7 Å². The molecule has 1 aliphatic rings. The minimum atomic E-state index is 0.318. The summed E-state index contributed by atoms with van der Waals surface area (Å²) in [5.74, 6) is 1.19. The fourth-order valence-electron chi connectivity index (χ4n) is 3.07. The van der Waals surface area contributed by atoms with Crippen LogP contribution < -0.4 is 0 Å². The molecule has 0 aliphatic carbocycles. The molecule has 0 amide bonds. The van der Waals surface area contributed by atoms with Gasteiger partial charge in [-0.05, 0) is 44.0 Å². The molecule has 0 radical (unpaired) electrons. The minimum Gasteiger partial charge on any atom is -0.508 e. The lowest BCUT2D eigenvalue weighted by atomic mass is 10.1. The molecule has 4 nitrogen and oxygen atoms in total. The Labute approximate surface area is 125 Å². The molecule has 1 fully saturated rings. The van der Waals surface area contributed by atoms with Crippen molar-refractivity contribution in [2.75, 3.05) is 6.54 Å². The zero-order valence-corrected chi connectivity index (χ0v) is 12.5. The van der Waals surface area contributed by atoms with Gasteiger partial charge in [-0.2, -0.15) is 0 Å². The van der Waals surface area contributed by atoms with Crippen LogP contribution in [-0.2, 0) is 6.54 Å². The lowest BCUT2D eigenvalue weighted by Gasteiger charge is -2.28. The summed E-state index contributed by atoms with van der Waals surface area (Å²) < 4.78 is 5.26. The van der Waals surface area contributed by atoms with E-state index in [1.165, 1.54) is 24.8 Å². The number of aromatic hydroxyl groups is 1. The number of benzene rings is 1. The monoisotopic (exact) mass is 286 g/mol. The maximum absolute atomic E-state index is 9.40. The van der Waals surface area contributed by atoms with Crippen LogP contribution in [0.2, 0.25) is 0 Å². The Kier molecular flexibility index (Phi) is 4.25. The van der Waals surface area contributed by atoms with Crippen molar-refractivity contribution in [3.63, 3.8) is 0 Å². The topological polar surface area (TPSA) is 49.5 Å². The zero-order valence-electron chi connectivity index (χ0n) is 12.5. The highest BCUT2D eigenvalue weighted by Gasteiger charge is 2.25. The molecule has 1 saturated heterocycles. The van der Waals surface area contributed by atoms with Crippen LogP contribution in [0.5, 0.6) is 5.75 Å². The van der Waals surface area contributed by atoms with E-state index >= 15 is 0 Å². The molecule has 2 aromatic rings. The minimum absolute atomic E-state index is 0.318.